The number of amides is 1. The Morgan fingerprint density at radius 1 is 1.17 bits per heavy atom. The second-order valence-corrected chi connectivity index (χ2v) is 6.35. The normalized spacial score (nSPS) is 10.4. The maximum absolute atomic E-state index is 12.3. The average Bonchev–Trinajstić information content (AvgIpc) is 3.11. The number of hydrogen-bond acceptors (Lipinski definition) is 4. The van der Waals surface area contributed by atoms with E-state index < -0.39 is 0 Å². The smallest absolute Gasteiger partial charge is 0.266 e. The van der Waals surface area contributed by atoms with Gasteiger partial charge in [-0.2, -0.15) is 0 Å². The Morgan fingerprint density at radius 3 is 2.58 bits per heavy atom. The van der Waals surface area contributed by atoms with Crippen molar-refractivity contribution >= 4 is 34.0 Å². The van der Waals surface area contributed by atoms with Crippen molar-refractivity contribution in [2.24, 2.45) is 0 Å². The van der Waals surface area contributed by atoms with Gasteiger partial charge in [0, 0.05) is 23.0 Å². The largest absolute Gasteiger partial charge is 0.484 e. The number of halogens is 1. The van der Waals surface area contributed by atoms with Crippen LogP contribution in [0.1, 0.15) is 0 Å². The number of carbonyl (C=O) groups is 1. The van der Waals surface area contributed by atoms with Gasteiger partial charge in [-0.15, -0.1) is 11.3 Å². The first-order chi connectivity index (χ1) is 11.6. The van der Waals surface area contributed by atoms with Crippen LogP contribution in [0.2, 0.25) is 5.02 Å². The third-order valence-corrected chi connectivity index (χ3v) is 4.57. The van der Waals surface area contributed by atoms with E-state index in [-0.39, 0.29) is 12.5 Å². The van der Waals surface area contributed by atoms with Crippen molar-refractivity contribution in [2.45, 2.75) is 0 Å². The van der Waals surface area contributed by atoms with E-state index in [0.29, 0.717) is 15.9 Å². The van der Waals surface area contributed by atoms with Crippen molar-refractivity contribution in [2.75, 3.05) is 18.6 Å². The Bertz CT molecular complexity index is 819. The molecule has 0 aliphatic carbocycles. The fraction of sp³-hybridized carbons (Fsp3) is 0.111. The van der Waals surface area contributed by atoms with Crippen LogP contribution in [-0.2, 0) is 4.79 Å². The summed E-state index contributed by atoms with van der Waals surface area (Å²) in [6.07, 6.45) is 0. The first kappa shape index (κ1) is 16.5. The minimum Gasteiger partial charge on any atom is -0.484 e. The Morgan fingerprint density at radius 2 is 1.88 bits per heavy atom. The quantitative estimate of drug-likeness (QED) is 0.674. The third kappa shape index (κ3) is 3.93. The van der Waals surface area contributed by atoms with Crippen LogP contribution in [0.3, 0.4) is 0 Å². The van der Waals surface area contributed by atoms with E-state index in [1.165, 1.54) is 16.2 Å². The summed E-state index contributed by atoms with van der Waals surface area (Å²) in [5.41, 5.74) is 1.88. The number of carbonyl (C=O) groups excluding carboxylic acids is 1. The predicted octanol–water partition coefficient (Wildman–Crippen LogP) is 4.51. The van der Waals surface area contributed by atoms with E-state index in [1.54, 1.807) is 31.3 Å². The maximum Gasteiger partial charge on any atom is 0.266 e. The molecule has 0 spiro atoms. The standard InChI is InChI=1S/C18H15ClN2O2S/c1-21(17(22)11-23-15-9-7-14(19)8-10-15)18-20-16(12-24-18)13-5-3-2-4-6-13/h2-10,12H,11H2,1H3. The highest BCUT2D eigenvalue weighted by Gasteiger charge is 2.15. The fourth-order valence-electron chi connectivity index (χ4n) is 2.04. The molecule has 0 saturated carbocycles. The second-order valence-electron chi connectivity index (χ2n) is 5.08. The van der Waals surface area contributed by atoms with Gasteiger partial charge in [0.25, 0.3) is 5.91 Å². The summed E-state index contributed by atoms with van der Waals surface area (Å²) >= 11 is 7.25. The number of anilines is 1. The number of ether oxygens (including phenoxy) is 1. The molecule has 0 aliphatic heterocycles. The molecule has 0 N–H and O–H groups in total. The molecule has 24 heavy (non-hydrogen) atoms. The Balaban J connectivity index is 1.63. The molecule has 3 aromatic rings. The summed E-state index contributed by atoms with van der Waals surface area (Å²) < 4.78 is 5.48. The lowest BCUT2D eigenvalue weighted by Crippen LogP contribution is -2.31. The molecule has 0 aliphatic rings. The first-order valence-electron chi connectivity index (χ1n) is 7.29. The van der Waals surface area contributed by atoms with Gasteiger partial charge in [0.05, 0.1) is 5.69 Å². The summed E-state index contributed by atoms with van der Waals surface area (Å²) in [7, 11) is 1.70. The van der Waals surface area contributed by atoms with E-state index in [0.717, 1.165) is 11.3 Å². The van der Waals surface area contributed by atoms with E-state index in [4.69, 9.17) is 16.3 Å². The lowest BCUT2D eigenvalue weighted by atomic mass is 10.2. The number of aromatic nitrogens is 1. The van der Waals surface area contributed by atoms with Crippen molar-refractivity contribution < 1.29 is 9.53 Å². The molecule has 4 nitrogen and oxygen atoms in total. The molecule has 0 saturated heterocycles. The molecular weight excluding hydrogens is 344 g/mol. The van der Waals surface area contributed by atoms with Gasteiger partial charge in [0.2, 0.25) is 0 Å². The van der Waals surface area contributed by atoms with Gasteiger partial charge < -0.3 is 4.74 Å². The molecule has 6 heteroatoms. The molecular formula is C18H15ClN2O2S. The molecule has 0 bridgehead atoms. The average molecular weight is 359 g/mol. The van der Waals surface area contributed by atoms with E-state index in [1.807, 2.05) is 35.7 Å². The first-order valence-corrected chi connectivity index (χ1v) is 8.55. The van der Waals surface area contributed by atoms with E-state index >= 15 is 0 Å². The Labute approximate surface area is 149 Å². The van der Waals surface area contributed by atoms with Crippen molar-refractivity contribution in [3.05, 3.63) is 65.0 Å². The zero-order valence-corrected chi connectivity index (χ0v) is 14.6. The third-order valence-electron chi connectivity index (χ3n) is 3.40. The highest BCUT2D eigenvalue weighted by Crippen LogP contribution is 2.26. The lowest BCUT2D eigenvalue weighted by Gasteiger charge is -2.14. The molecule has 0 radical (unpaired) electrons. The molecule has 2 aromatic carbocycles. The number of likely N-dealkylation sites (N-methyl/N-ethyl adjacent to an activating group) is 1. The molecule has 0 atom stereocenters. The number of hydrogen-bond donors (Lipinski definition) is 0. The SMILES string of the molecule is CN(C(=O)COc1ccc(Cl)cc1)c1nc(-c2ccccc2)cs1. The number of rotatable bonds is 5. The molecule has 3 rings (SSSR count). The van der Waals surface area contributed by atoms with Crippen molar-refractivity contribution in [1.82, 2.24) is 4.98 Å². The number of thiazole rings is 1. The van der Waals surface area contributed by atoms with Crippen LogP contribution in [0, 0.1) is 0 Å². The highest BCUT2D eigenvalue weighted by atomic mass is 35.5. The summed E-state index contributed by atoms with van der Waals surface area (Å²) in [4.78, 5) is 18.3. The predicted molar refractivity (Wildman–Crippen MR) is 97.9 cm³/mol. The minimum atomic E-state index is -0.168. The zero-order chi connectivity index (χ0) is 16.9. The van der Waals surface area contributed by atoms with Crippen LogP contribution in [-0.4, -0.2) is 24.5 Å². The summed E-state index contributed by atoms with van der Waals surface area (Å²) in [5, 5.41) is 3.20. The van der Waals surface area contributed by atoms with E-state index in [9.17, 15) is 4.79 Å². The number of benzene rings is 2. The van der Waals surface area contributed by atoms with Gasteiger partial charge in [-0.1, -0.05) is 41.9 Å². The zero-order valence-electron chi connectivity index (χ0n) is 13.0. The molecule has 1 aromatic heterocycles. The van der Waals surface area contributed by atoms with Gasteiger partial charge in [-0.05, 0) is 24.3 Å². The molecule has 1 amide bonds. The van der Waals surface area contributed by atoms with Gasteiger partial charge in [-0.25, -0.2) is 4.98 Å². The van der Waals surface area contributed by atoms with Gasteiger partial charge in [0.15, 0.2) is 11.7 Å². The van der Waals surface area contributed by atoms with Crippen LogP contribution < -0.4 is 9.64 Å². The lowest BCUT2D eigenvalue weighted by molar-refractivity contribution is -0.120. The summed E-state index contributed by atoms with van der Waals surface area (Å²) in [6.45, 7) is -0.0572. The van der Waals surface area contributed by atoms with Crippen molar-refractivity contribution in [1.29, 1.82) is 0 Å². The Hall–Kier alpha value is -2.37. The monoisotopic (exact) mass is 358 g/mol. The Kier molecular flexibility index (Phi) is 5.13. The van der Waals surface area contributed by atoms with Crippen molar-refractivity contribution in [3.63, 3.8) is 0 Å². The summed E-state index contributed by atoms with van der Waals surface area (Å²) in [6, 6.07) is 16.8. The van der Waals surface area contributed by atoms with Crippen LogP contribution in [0.25, 0.3) is 11.3 Å². The molecule has 0 fully saturated rings. The van der Waals surface area contributed by atoms with Gasteiger partial charge in [0.1, 0.15) is 5.75 Å². The van der Waals surface area contributed by atoms with Crippen LogP contribution in [0.4, 0.5) is 5.13 Å². The highest BCUT2D eigenvalue weighted by molar-refractivity contribution is 7.14. The maximum atomic E-state index is 12.3. The van der Waals surface area contributed by atoms with Gasteiger partial charge in [-0.3, -0.25) is 9.69 Å². The van der Waals surface area contributed by atoms with Crippen LogP contribution in [0.5, 0.6) is 5.75 Å². The molecule has 0 unspecified atom stereocenters. The van der Waals surface area contributed by atoms with Crippen molar-refractivity contribution in [3.8, 4) is 17.0 Å². The fourth-order valence-corrected chi connectivity index (χ4v) is 2.98. The molecule has 1 heterocycles. The summed E-state index contributed by atoms with van der Waals surface area (Å²) in [5.74, 6) is 0.434. The second kappa shape index (κ2) is 7.47. The number of nitrogens with zero attached hydrogens (tertiary/aromatic N) is 2. The molecule has 122 valence electrons. The van der Waals surface area contributed by atoms with Gasteiger partial charge >= 0.3 is 0 Å². The topological polar surface area (TPSA) is 42.4 Å². The van der Waals surface area contributed by atoms with E-state index in [2.05, 4.69) is 4.98 Å². The van der Waals surface area contributed by atoms with Crippen LogP contribution >= 0.6 is 22.9 Å². The van der Waals surface area contributed by atoms with Crippen LogP contribution in [0.15, 0.2) is 60.0 Å². The minimum absolute atomic E-state index is 0.0572.